The summed E-state index contributed by atoms with van der Waals surface area (Å²) in [6.45, 7) is 5.68. The standard InChI is InChI=1S/C15H20N6O2/c1-15(2,3)17-13(22)9-20(4)14(23)11-5-7-12(8-6-11)21-10-16-18-19-21/h5-8,10H,9H2,1-4H3,(H,17,22). The third-order valence-corrected chi connectivity index (χ3v) is 2.97. The first-order valence-electron chi connectivity index (χ1n) is 7.16. The number of aromatic nitrogens is 4. The van der Waals surface area contributed by atoms with E-state index in [1.807, 2.05) is 20.8 Å². The van der Waals surface area contributed by atoms with E-state index < -0.39 is 0 Å². The zero-order valence-electron chi connectivity index (χ0n) is 13.6. The Hall–Kier alpha value is -2.77. The van der Waals surface area contributed by atoms with Crippen LogP contribution >= 0.6 is 0 Å². The van der Waals surface area contributed by atoms with Gasteiger partial charge < -0.3 is 10.2 Å². The van der Waals surface area contributed by atoms with Gasteiger partial charge in [0.15, 0.2) is 0 Å². The van der Waals surface area contributed by atoms with Gasteiger partial charge in [0.05, 0.1) is 12.2 Å². The lowest BCUT2D eigenvalue weighted by atomic mass is 10.1. The van der Waals surface area contributed by atoms with Crippen LogP contribution in [0.15, 0.2) is 30.6 Å². The number of hydrogen-bond acceptors (Lipinski definition) is 5. The van der Waals surface area contributed by atoms with Gasteiger partial charge in [-0.1, -0.05) is 0 Å². The van der Waals surface area contributed by atoms with Crippen LogP contribution in [-0.4, -0.2) is 56.1 Å². The molecule has 2 aromatic rings. The molecule has 0 saturated heterocycles. The Labute approximate surface area is 134 Å². The van der Waals surface area contributed by atoms with Gasteiger partial charge in [-0.15, -0.1) is 5.10 Å². The van der Waals surface area contributed by atoms with E-state index in [2.05, 4.69) is 20.8 Å². The largest absolute Gasteiger partial charge is 0.350 e. The van der Waals surface area contributed by atoms with Crippen molar-refractivity contribution in [2.24, 2.45) is 0 Å². The highest BCUT2D eigenvalue weighted by molar-refractivity contribution is 5.96. The summed E-state index contributed by atoms with van der Waals surface area (Å²) in [7, 11) is 1.60. The molecule has 2 amide bonds. The van der Waals surface area contributed by atoms with Gasteiger partial charge in [-0.05, 0) is 55.5 Å². The number of hydrogen-bond donors (Lipinski definition) is 1. The Morgan fingerprint density at radius 2 is 1.87 bits per heavy atom. The average molecular weight is 316 g/mol. The molecule has 8 nitrogen and oxygen atoms in total. The molecule has 1 heterocycles. The number of amides is 2. The lowest BCUT2D eigenvalue weighted by Crippen LogP contribution is -2.46. The minimum absolute atomic E-state index is 0.00481. The van der Waals surface area contributed by atoms with E-state index in [1.165, 1.54) is 15.9 Å². The predicted octanol–water partition coefficient (Wildman–Crippen LogP) is 0.649. The molecule has 1 N–H and O–H groups in total. The molecule has 1 aromatic heterocycles. The highest BCUT2D eigenvalue weighted by Gasteiger charge is 2.18. The SMILES string of the molecule is CN(CC(=O)NC(C)(C)C)C(=O)c1ccc(-n2cnnn2)cc1. The van der Waals surface area contributed by atoms with Crippen LogP contribution in [0, 0.1) is 0 Å². The summed E-state index contributed by atoms with van der Waals surface area (Å²) in [5.41, 5.74) is 0.918. The van der Waals surface area contributed by atoms with Gasteiger partial charge in [-0.2, -0.15) is 0 Å². The Bertz CT molecular complexity index is 673. The molecule has 1 aromatic carbocycles. The van der Waals surface area contributed by atoms with Gasteiger partial charge in [-0.25, -0.2) is 4.68 Å². The first-order chi connectivity index (χ1) is 10.8. The Morgan fingerprint density at radius 1 is 1.22 bits per heavy atom. The lowest BCUT2D eigenvalue weighted by Gasteiger charge is -2.23. The number of nitrogens with one attached hydrogen (secondary N) is 1. The summed E-state index contributed by atoms with van der Waals surface area (Å²) in [5, 5.41) is 13.7. The molecular weight excluding hydrogens is 296 g/mol. The summed E-state index contributed by atoms with van der Waals surface area (Å²) in [6, 6.07) is 6.84. The van der Waals surface area contributed by atoms with Crippen molar-refractivity contribution in [2.75, 3.05) is 13.6 Å². The maximum Gasteiger partial charge on any atom is 0.254 e. The number of carbonyl (C=O) groups is 2. The molecule has 0 aliphatic carbocycles. The Balaban J connectivity index is 2.01. The van der Waals surface area contributed by atoms with Crippen LogP contribution in [0.3, 0.4) is 0 Å². The van der Waals surface area contributed by atoms with Gasteiger partial charge in [0, 0.05) is 18.2 Å². The third-order valence-electron chi connectivity index (χ3n) is 2.97. The van der Waals surface area contributed by atoms with Crippen molar-refractivity contribution in [1.82, 2.24) is 30.4 Å². The number of rotatable bonds is 4. The fraction of sp³-hybridized carbons (Fsp3) is 0.400. The highest BCUT2D eigenvalue weighted by atomic mass is 16.2. The summed E-state index contributed by atoms with van der Waals surface area (Å²) >= 11 is 0. The van der Waals surface area contributed by atoms with Gasteiger partial charge in [0.1, 0.15) is 6.33 Å². The quantitative estimate of drug-likeness (QED) is 0.894. The summed E-state index contributed by atoms with van der Waals surface area (Å²) in [5.74, 6) is -0.420. The molecule has 0 spiro atoms. The van der Waals surface area contributed by atoms with Crippen molar-refractivity contribution in [1.29, 1.82) is 0 Å². The maximum absolute atomic E-state index is 12.3. The average Bonchev–Trinajstić information content (AvgIpc) is 2.98. The van der Waals surface area contributed by atoms with Crippen LogP contribution in [0.2, 0.25) is 0 Å². The number of benzene rings is 1. The first-order valence-corrected chi connectivity index (χ1v) is 7.16. The second-order valence-electron chi connectivity index (χ2n) is 6.26. The second kappa shape index (κ2) is 6.55. The van der Waals surface area contributed by atoms with E-state index in [4.69, 9.17) is 0 Å². The lowest BCUT2D eigenvalue weighted by molar-refractivity contribution is -0.122. The van der Waals surface area contributed by atoms with E-state index in [0.29, 0.717) is 5.56 Å². The first kappa shape index (κ1) is 16.6. The summed E-state index contributed by atoms with van der Waals surface area (Å²) < 4.78 is 1.49. The van der Waals surface area contributed by atoms with Crippen LogP contribution in [0.4, 0.5) is 0 Å². The van der Waals surface area contributed by atoms with Gasteiger partial charge in [0.2, 0.25) is 5.91 Å². The normalized spacial score (nSPS) is 11.1. The topological polar surface area (TPSA) is 93.0 Å². The van der Waals surface area contributed by atoms with Crippen LogP contribution in [-0.2, 0) is 4.79 Å². The maximum atomic E-state index is 12.3. The number of tetrazole rings is 1. The molecule has 0 saturated carbocycles. The summed E-state index contributed by atoms with van der Waals surface area (Å²) in [6.07, 6.45) is 1.47. The molecule has 0 bridgehead atoms. The zero-order valence-corrected chi connectivity index (χ0v) is 13.6. The van der Waals surface area contributed by atoms with Crippen molar-refractivity contribution in [3.8, 4) is 5.69 Å². The van der Waals surface area contributed by atoms with E-state index in [0.717, 1.165) is 5.69 Å². The third kappa shape index (κ3) is 4.60. The molecule has 0 aliphatic rings. The van der Waals surface area contributed by atoms with Crippen molar-refractivity contribution < 1.29 is 9.59 Å². The molecule has 0 unspecified atom stereocenters. The highest BCUT2D eigenvalue weighted by Crippen LogP contribution is 2.09. The number of likely N-dealkylation sites (N-methyl/N-ethyl adjacent to an activating group) is 1. The van der Waals surface area contributed by atoms with Crippen molar-refractivity contribution >= 4 is 11.8 Å². The molecule has 0 aliphatic heterocycles. The van der Waals surface area contributed by atoms with Gasteiger partial charge in [-0.3, -0.25) is 9.59 Å². The number of nitrogens with zero attached hydrogens (tertiary/aromatic N) is 5. The molecule has 0 atom stereocenters. The zero-order chi connectivity index (χ0) is 17.0. The molecule has 8 heteroatoms. The van der Waals surface area contributed by atoms with E-state index in [9.17, 15) is 9.59 Å². The van der Waals surface area contributed by atoms with Crippen molar-refractivity contribution in [3.05, 3.63) is 36.2 Å². The van der Waals surface area contributed by atoms with Gasteiger partial charge in [0.25, 0.3) is 5.91 Å². The minimum Gasteiger partial charge on any atom is -0.350 e. The monoisotopic (exact) mass is 316 g/mol. The van der Waals surface area contributed by atoms with Crippen LogP contribution in [0.5, 0.6) is 0 Å². The van der Waals surface area contributed by atoms with Crippen molar-refractivity contribution in [2.45, 2.75) is 26.3 Å². The fourth-order valence-electron chi connectivity index (χ4n) is 2.00. The molecule has 122 valence electrons. The molecule has 2 rings (SSSR count). The van der Waals surface area contributed by atoms with Gasteiger partial charge >= 0.3 is 0 Å². The molecule has 0 radical (unpaired) electrons. The van der Waals surface area contributed by atoms with Crippen molar-refractivity contribution in [3.63, 3.8) is 0 Å². The van der Waals surface area contributed by atoms with Crippen LogP contribution < -0.4 is 5.32 Å². The minimum atomic E-state index is -0.325. The summed E-state index contributed by atoms with van der Waals surface area (Å²) in [4.78, 5) is 25.6. The molecule has 23 heavy (non-hydrogen) atoms. The second-order valence-corrected chi connectivity index (χ2v) is 6.26. The van der Waals surface area contributed by atoms with E-state index >= 15 is 0 Å². The smallest absolute Gasteiger partial charge is 0.254 e. The number of carbonyl (C=O) groups excluding carboxylic acids is 2. The van der Waals surface area contributed by atoms with Crippen LogP contribution in [0.1, 0.15) is 31.1 Å². The van der Waals surface area contributed by atoms with E-state index in [-0.39, 0.29) is 23.9 Å². The Morgan fingerprint density at radius 3 is 2.39 bits per heavy atom. The van der Waals surface area contributed by atoms with E-state index in [1.54, 1.807) is 31.3 Å². The molecular formula is C15H20N6O2. The molecule has 0 fully saturated rings. The Kier molecular flexibility index (Phi) is 4.73. The van der Waals surface area contributed by atoms with Crippen LogP contribution in [0.25, 0.3) is 5.69 Å². The fourth-order valence-corrected chi connectivity index (χ4v) is 2.00. The predicted molar refractivity (Wildman–Crippen MR) is 84.0 cm³/mol.